The van der Waals surface area contributed by atoms with Crippen LogP contribution in [0.15, 0.2) is 42.7 Å². The highest BCUT2D eigenvalue weighted by atomic mass is 15.3. The first-order valence-electron chi connectivity index (χ1n) is 7.66. The maximum Gasteiger partial charge on any atom is 0.0615 e. The molecule has 1 atom stereocenters. The predicted octanol–water partition coefficient (Wildman–Crippen LogP) is 3.64. The van der Waals surface area contributed by atoms with E-state index in [0.717, 1.165) is 12.6 Å². The summed E-state index contributed by atoms with van der Waals surface area (Å²) in [6, 6.07) is 11.6. The molecule has 0 saturated heterocycles. The lowest BCUT2D eigenvalue weighted by molar-refractivity contribution is 0.415. The van der Waals surface area contributed by atoms with E-state index in [-0.39, 0.29) is 0 Å². The van der Waals surface area contributed by atoms with Crippen molar-refractivity contribution in [1.29, 1.82) is 0 Å². The molecule has 1 aliphatic rings. The van der Waals surface area contributed by atoms with Gasteiger partial charge in [0.15, 0.2) is 0 Å². The fourth-order valence-corrected chi connectivity index (χ4v) is 2.92. The third-order valence-electron chi connectivity index (χ3n) is 4.22. The lowest BCUT2D eigenvalue weighted by atomic mass is 10.1. The smallest absolute Gasteiger partial charge is 0.0615 e. The SMILES string of the molecule is CC(CNC1CCCC1)n1cc(-c2ccccc2)cn1. The minimum absolute atomic E-state index is 0.396. The summed E-state index contributed by atoms with van der Waals surface area (Å²) >= 11 is 0. The van der Waals surface area contributed by atoms with Gasteiger partial charge in [-0.25, -0.2) is 0 Å². The lowest BCUT2D eigenvalue weighted by Gasteiger charge is -2.17. The number of aromatic nitrogens is 2. The molecule has 1 N–H and O–H groups in total. The maximum atomic E-state index is 4.51. The van der Waals surface area contributed by atoms with Gasteiger partial charge in [0.05, 0.1) is 12.2 Å². The Morgan fingerprint density at radius 3 is 2.70 bits per heavy atom. The van der Waals surface area contributed by atoms with Crippen LogP contribution in [0.3, 0.4) is 0 Å². The quantitative estimate of drug-likeness (QED) is 0.898. The van der Waals surface area contributed by atoms with E-state index in [1.54, 1.807) is 0 Å². The summed E-state index contributed by atoms with van der Waals surface area (Å²) in [5.41, 5.74) is 2.42. The fraction of sp³-hybridized carbons (Fsp3) is 0.471. The van der Waals surface area contributed by atoms with Gasteiger partial charge in [-0.05, 0) is 25.3 Å². The van der Waals surface area contributed by atoms with Crippen molar-refractivity contribution in [3.63, 3.8) is 0 Å². The van der Waals surface area contributed by atoms with Crippen molar-refractivity contribution in [2.75, 3.05) is 6.54 Å². The summed E-state index contributed by atoms with van der Waals surface area (Å²) < 4.78 is 2.07. The van der Waals surface area contributed by atoms with Crippen LogP contribution < -0.4 is 5.32 Å². The number of hydrogen-bond acceptors (Lipinski definition) is 2. The van der Waals surface area contributed by atoms with Gasteiger partial charge in [-0.1, -0.05) is 43.2 Å². The summed E-state index contributed by atoms with van der Waals surface area (Å²) in [5.74, 6) is 0. The van der Waals surface area contributed by atoms with E-state index in [0.29, 0.717) is 6.04 Å². The minimum Gasteiger partial charge on any atom is -0.312 e. The normalized spacial score (nSPS) is 17.4. The van der Waals surface area contributed by atoms with E-state index in [1.807, 2.05) is 12.3 Å². The molecule has 0 aliphatic heterocycles. The van der Waals surface area contributed by atoms with Gasteiger partial charge in [0.2, 0.25) is 0 Å². The molecule has 1 heterocycles. The van der Waals surface area contributed by atoms with E-state index >= 15 is 0 Å². The first-order chi connectivity index (χ1) is 9.83. The van der Waals surface area contributed by atoms with Crippen molar-refractivity contribution in [3.05, 3.63) is 42.7 Å². The van der Waals surface area contributed by atoms with Gasteiger partial charge >= 0.3 is 0 Å². The maximum absolute atomic E-state index is 4.51. The van der Waals surface area contributed by atoms with Gasteiger partial charge < -0.3 is 5.32 Å². The van der Waals surface area contributed by atoms with E-state index in [2.05, 4.69) is 52.5 Å². The highest BCUT2D eigenvalue weighted by Gasteiger charge is 2.15. The van der Waals surface area contributed by atoms with E-state index in [9.17, 15) is 0 Å². The van der Waals surface area contributed by atoms with Gasteiger partial charge in [-0.3, -0.25) is 4.68 Å². The van der Waals surface area contributed by atoms with Gasteiger partial charge in [-0.2, -0.15) is 5.10 Å². The molecule has 0 radical (unpaired) electrons. The van der Waals surface area contributed by atoms with Crippen LogP contribution in [0.25, 0.3) is 11.1 Å². The zero-order chi connectivity index (χ0) is 13.8. The molecule has 0 amide bonds. The Morgan fingerprint density at radius 1 is 1.20 bits per heavy atom. The molecule has 1 fully saturated rings. The first kappa shape index (κ1) is 13.4. The van der Waals surface area contributed by atoms with Crippen LogP contribution in [0.5, 0.6) is 0 Å². The van der Waals surface area contributed by atoms with Crippen LogP contribution in [-0.4, -0.2) is 22.4 Å². The highest BCUT2D eigenvalue weighted by molar-refractivity contribution is 5.61. The second-order valence-electron chi connectivity index (χ2n) is 5.81. The van der Waals surface area contributed by atoms with Crippen molar-refractivity contribution in [1.82, 2.24) is 15.1 Å². The molecule has 20 heavy (non-hydrogen) atoms. The predicted molar refractivity (Wildman–Crippen MR) is 82.6 cm³/mol. The van der Waals surface area contributed by atoms with Crippen molar-refractivity contribution in [2.45, 2.75) is 44.7 Å². The molecule has 3 nitrogen and oxygen atoms in total. The number of benzene rings is 1. The summed E-state index contributed by atoms with van der Waals surface area (Å²) in [6.07, 6.45) is 9.54. The molecule has 0 bridgehead atoms. The molecule has 1 aromatic carbocycles. The average Bonchev–Trinajstić information content (AvgIpc) is 3.17. The Balaban J connectivity index is 1.61. The molecule has 2 aromatic rings. The number of nitrogens with zero attached hydrogens (tertiary/aromatic N) is 2. The van der Waals surface area contributed by atoms with Crippen LogP contribution in [0.2, 0.25) is 0 Å². The Labute approximate surface area is 121 Å². The van der Waals surface area contributed by atoms with Crippen LogP contribution in [0.4, 0.5) is 0 Å². The van der Waals surface area contributed by atoms with Crippen molar-refractivity contribution >= 4 is 0 Å². The monoisotopic (exact) mass is 269 g/mol. The number of rotatable bonds is 5. The summed E-state index contributed by atoms with van der Waals surface area (Å²) in [6.45, 7) is 3.23. The third kappa shape index (κ3) is 3.10. The van der Waals surface area contributed by atoms with Crippen LogP contribution in [0.1, 0.15) is 38.6 Å². The van der Waals surface area contributed by atoms with E-state index < -0.39 is 0 Å². The highest BCUT2D eigenvalue weighted by Crippen LogP contribution is 2.20. The van der Waals surface area contributed by atoms with Crippen molar-refractivity contribution in [3.8, 4) is 11.1 Å². The standard InChI is InChI=1S/C17H23N3/c1-14(11-18-17-9-5-6-10-17)20-13-16(12-19-20)15-7-3-2-4-8-15/h2-4,7-8,12-14,17-18H,5-6,9-11H2,1H3. The van der Waals surface area contributed by atoms with Crippen molar-refractivity contribution in [2.24, 2.45) is 0 Å². The Morgan fingerprint density at radius 2 is 1.95 bits per heavy atom. The molecule has 1 aromatic heterocycles. The van der Waals surface area contributed by atoms with Crippen molar-refractivity contribution < 1.29 is 0 Å². The molecular weight excluding hydrogens is 246 g/mol. The summed E-state index contributed by atoms with van der Waals surface area (Å²) in [4.78, 5) is 0. The summed E-state index contributed by atoms with van der Waals surface area (Å²) in [5, 5.41) is 8.18. The number of hydrogen-bond donors (Lipinski definition) is 1. The molecule has 3 rings (SSSR count). The lowest BCUT2D eigenvalue weighted by Crippen LogP contribution is -2.31. The molecule has 106 valence electrons. The van der Waals surface area contributed by atoms with Crippen LogP contribution in [-0.2, 0) is 0 Å². The molecule has 3 heteroatoms. The first-order valence-corrected chi connectivity index (χ1v) is 7.66. The minimum atomic E-state index is 0.396. The topological polar surface area (TPSA) is 29.9 Å². The largest absolute Gasteiger partial charge is 0.312 e. The zero-order valence-electron chi connectivity index (χ0n) is 12.1. The molecule has 1 unspecified atom stereocenters. The average molecular weight is 269 g/mol. The zero-order valence-corrected chi connectivity index (χ0v) is 12.1. The van der Waals surface area contributed by atoms with Gasteiger partial charge in [0.1, 0.15) is 0 Å². The van der Waals surface area contributed by atoms with Gasteiger partial charge in [0.25, 0.3) is 0 Å². The van der Waals surface area contributed by atoms with Crippen LogP contribution >= 0.6 is 0 Å². The fourth-order valence-electron chi connectivity index (χ4n) is 2.92. The van der Waals surface area contributed by atoms with Gasteiger partial charge in [0, 0.05) is 24.3 Å². The molecular formula is C17H23N3. The Hall–Kier alpha value is -1.61. The Kier molecular flexibility index (Phi) is 4.16. The summed E-state index contributed by atoms with van der Waals surface area (Å²) in [7, 11) is 0. The second kappa shape index (κ2) is 6.23. The molecule has 0 spiro atoms. The molecule has 1 saturated carbocycles. The van der Waals surface area contributed by atoms with E-state index in [4.69, 9.17) is 0 Å². The van der Waals surface area contributed by atoms with Crippen LogP contribution in [0, 0.1) is 0 Å². The second-order valence-corrected chi connectivity index (χ2v) is 5.81. The van der Waals surface area contributed by atoms with E-state index in [1.165, 1.54) is 36.8 Å². The van der Waals surface area contributed by atoms with Gasteiger partial charge in [-0.15, -0.1) is 0 Å². The third-order valence-corrected chi connectivity index (χ3v) is 4.22. The molecule has 1 aliphatic carbocycles. The Bertz CT molecular complexity index is 526. The number of nitrogens with one attached hydrogen (secondary N) is 1.